The lowest BCUT2D eigenvalue weighted by Gasteiger charge is -2.07. The topological polar surface area (TPSA) is 64.3 Å². The third kappa shape index (κ3) is 4.71. The molecular weight excluding hydrogens is 235 g/mol. The van der Waals surface area contributed by atoms with Crippen LogP contribution in [-0.2, 0) is 4.74 Å². The number of anilines is 1. The average molecular weight is 254 g/mol. The standard InChI is InChI=1S/C13H19FN2O2/c1-2-3-7-18-8-6-16-13(17)11-9-10(15)4-5-12(11)14/h4-5,9H,2-3,6-8,15H2,1H3,(H,16,17). The fourth-order valence-electron chi connectivity index (χ4n) is 1.40. The van der Waals surface area contributed by atoms with E-state index in [4.69, 9.17) is 10.5 Å². The number of rotatable bonds is 7. The molecule has 0 saturated carbocycles. The maximum absolute atomic E-state index is 13.3. The Bertz CT molecular complexity index is 397. The Morgan fingerprint density at radius 3 is 2.94 bits per heavy atom. The van der Waals surface area contributed by atoms with E-state index in [0.29, 0.717) is 25.4 Å². The monoisotopic (exact) mass is 254 g/mol. The zero-order chi connectivity index (χ0) is 13.4. The first kappa shape index (κ1) is 14.4. The van der Waals surface area contributed by atoms with E-state index >= 15 is 0 Å². The van der Waals surface area contributed by atoms with Gasteiger partial charge in [-0.25, -0.2) is 4.39 Å². The SMILES string of the molecule is CCCCOCCNC(=O)c1cc(N)ccc1F. The Hall–Kier alpha value is -1.62. The van der Waals surface area contributed by atoms with Crippen LogP contribution in [0.15, 0.2) is 18.2 Å². The summed E-state index contributed by atoms with van der Waals surface area (Å²) in [5.41, 5.74) is 5.83. The summed E-state index contributed by atoms with van der Waals surface area (Å²) in [5.74, 6) is -1.05. The molecule has 1 rings (SSSR count). The number of nitrogens with two attached hydrogens (primary N) is 1. The highest BCUT2D eigenvalue weighted by atomic mass is 19.1. The van der Waals surface area contributed by atoms with Gasteiger partial charge in [0.1, 0.15) is 5.82 Å². The molecule has 3 N–H and O–H groups in total. The van der Waals surface area contributed by atoms with E-state index in [1.165, 1.54) is 18.2 Å². The first-order valence-corrected chi connectivity index (χ1v) is 6.06. The van der Waals surface area contributed by atoms with Crippen molar-refractivity contribution in [2.24, 2.45) is 0 Å². The predicted octanol–water partition coefficient (Wildman–Crippen LogP) is 1.95. The summed E-state index contributed by atoms with van der Waals surface area (Å²) in [4.78, 5) is 11.6. The van der Waals surface area contributed by atoms with E-state index in [-0.39, 0.29) is 5.56 Å². The minimum Gasteiger partial charge on any atom is -0.399 e. The molecule has 0 heterocycles. The fourth-order valence-corrected chi connectivity index (χ4v) is 1.40. The Morgan fingerprint density at radius 1 is 1.44 bits per heavy atom. The summed E-state index contributed by atoms with van der Waals surface area (Å²) in [5, 5.41) is 2.58. The molecule has 100 valence electrons. The van der Waals surface area contributed by atoms with Crippen LogP contribution in [0.1, 0.15) is 30.1 Å². The van der Waals surface area contributed by atoms with Gasteiger partial charge in [0.25, 0.3) is 5.91 Å². The molecule has 0 unspecified atom stereocenters. The normalized spacial score (nSPS) is 10.3. The number of carbonyl (C=O) groups excluding carboxylic acids is 1. The first-order valence-electron chi connectivity index (χ1n) is 6.06. The zero-order valence-corrected chi connectivity index (χ0v) is 10.5. The summed E-state index contributed by atoms with van der Waals surface area (Å²) in [6.45, 7) is 3.54. The molecule has 0 bridgehead atoms. The second-order valence-corrected chi connectivity index (χ2v) is 3.96. The largest absolute Gasteiger partial charge is 0.399 e. The number of ether oxygens (including phenoxy) is 1. The van der Waals surface area contributed by atoms with Gasteiger partial charge in [-0.1, -0.05) is 13.3 Å². The van der Waals surface area contributed by atoms with E-state index in [0.717, 1.165) is 12.8 Å². The van der Waals surface area contributed by atoms with Crippen LogP contribution in [-0.4, -0.2) is 25.7 Å². The van der Waals surface area contributed by atoms with Crippen LogP contribution < -0.4 is 11.1 Å². The zero-order valence-electron chi connectivity index (χ0n) is 10.5. The van der Waals surface area contributed by atoms with Crippen LogP contribution in [0.2, 0.25) is 0 Å². The smallest absolute Gasteiger partial charge is 0.254 e. The Morgan fingerprint density at radius 2 is 2.22 bits per heavy atom. The molecule has 1 aromatic carbocycles. The number of amides is 1. The lowest BCUT2D eigenvalue weighted by molar-refractivity contribution is 0.0909. The van der Waals surface area contributed by atoms with Gasteiger partial charge in [-0.05, 0) is 24.6 Å². The van der Waals surface area contributed by atoms with E-state index in [9.17, 15) is 9.18 Å². The number of hydrogen-bond donors (Lipinski definition) is 2. The third-order valence-electron chi connectivity index (χ3n) is 2.41. The van der Waals surface area contributed by atoms with Gasteiger partial charge in [0.2, 0.25) is 0 Å². The molecule has 4 nitrogen and oxygen atoms in total. The number of carbonyl (C=O) groups is 1. The van der Waals surface area contributed by atoms with E-state index in [1.807, 2.05) is 0 Å². The highest BCUT2D eigenvalue weighted by Gasteiger charge is 2.11. The second-order valence-electron chi connectivity index (χ2n) is 3.96. The maximum atomic E-state index is 13.3. The van der Waals surface area contributed by atoms with Crippen molar-refractivity contribution in [1.82, 2.24) is 5.32 Å². The maximum Gasteiger partial charge on any atom is 0.254 e. The summed E-state index contributed by atoms with van der Waals surface area (Å²) < 4.78 is 18.6. The number of nitrogen functional groups attached to an aromatic ring is 1. The Balaban J connectivity index is 2.34. The molecule has 0 aliphatic heterocycles. The third-order valence-corrected chi connectivity index (χ3v) is 2.41. The average Bonchev–Trinajstić information content (AvgIpc) is 2.36. The van der Waals surface area contributed by atoms with Gasteiger partial charge >= 0.3 is 0 Å². The number of unbranched alkanes of at least 4 members (excludes halogenated alkanes) is 1. The van der Waals surface area contributed by atoms with E-state index < -0.39 is 11.7 Å². The molecule has 0 aliphatic rings. The molecule has 0 aliphatic carbocycles. The minimum atomic E-state index is -0.575. The number of benzene rings is 1. The van der Waals surface area contributed by atoms with Crippen LogP contribution in [0.4, 0.5) is 10.1 Å². The van der Waals surface area contributed by atoms with E-state index in [2.05, 4.69) is 12.2 Å². The van der Waals surface area contributed by atoms with Crippen LogP contribution in [0.5, 0.6) is 0 Å². The molecule has 0 aromatic heterocycles. The fraction of sp³-hybridized carbons (Fsp3) is 0.462. The van der Waals surface area contributed by atoms with Gasteiger partial charge in [0.05, 0.1) is 12.2 Å². The highest BCUT2D eigenvalue weighted by Crippen LogP contribution is 2.11. The van der Waals surface area contributed by atoms with Gasteiger partial charge in [-0.15, -0.1) is 0 Å². The van der Waals surface area contributed by atoms with Gasteiger partial charge in [0.15, 0.2) is 0 Å². The van der Waals surface area contributed by atoms with Crippen molar-refractivity contribution in [2.75, 3.05) is 25.5 Å². The first-order chi connectivity index (χ1) is 8.65. The molecule has 0 fully saturated rings. The quantitative estimate of drug-likeness (QED) is 0.577. The number of halogens is 1. The Labute approximate surface area is 106 Å². The summed E-state index contributed by atoms with van der Waals surface area (Å²) >= 11 is 0. The molecule has 0 radical (unpaired) electrons. The molecule has 0 saturated heterocycles. The number of nitrogens with one attached hydrogen (secondary N) is 1. The van der Waals surface area contributed by atoms with Crippen molar-refractivity contribution >= 4 is 11.6 Å². The highest BCUT2D eigenvalue weighted by molar-refractivity contribution is 5.95. The predicted molar refractivity (Wildman–Crippen MR) is 68.9 cm³/mol. The molecule has 1 amide bonds. The minimum absolute atomic E-state index is 0.0384. The van der Waals surface area contributed by atoms with Crippen molar-refractivity contribution in [3.05, 3.63) is 29.6 Å². The van der Waals surface area contributed by atoms with Crippen LogP contribution in [0, 0.1) is 5.82 Å². The van der Waals surface area contributed by atoms with Gasteiger partial charge in [-0.2, -0.15) is 0 Å². The van der Waals surface area contributed by atoms with Crippen LogP contribution in [0.3, 0.4) is 0 Å². The van der Waals surface area contributed by atoms with Crippen molar-refractivity contribution < 1.29 is 13.9 Å². The van der Waals surface area contributed by atoms with Crippen molar-refractivity contribution in [3.63, 3.8) is 0 Å². The van der Waals surface area contributed by atoms with Gasteiger partial charge < -0.3 is 15.8 Å². The molecule has 0 atom stereocenters. The lowest BCUT2D eigenvalue weighted by Crippen LogP contribution is -2.28. The molecule has 5 heteroatoms. The Kier molecular flexibility index (Phi) is 6.14. The van der Waals surface area contributed by atoms with Crippen LogP contribution >= 0.6 is 0 Å². The van der Waals surface area contributed by atoms with Crippen molar-refractivity contribution in [1.29, 1.82) is 0 Å². The van der Waals surface area contributed by atoms with Crippen molar-refractivity contribution in [3.8, 4) is 0 Å². The van der Waals surface area contributed by atoms with Crippen molar-refractivity contribution in [2.45, 2.75) is 19.8 Å². The molecule has 0 spiro atoms. The molecule has 1 aromatic rings. The molecule has 18 heavy (non-hydrogen) atoms. The van der Waals surface area contributed by atoms with Gasteiger partial charge in [-0.3, -0.25) is 4.79 Å². The van der Waals surface area contributed by atoms with Crippen LogP contribution in [0.25, 0.3) is 0 Å². The van der Waals surface area contributed by atoms with E-state index in [1.54, 1.807) is 0 Å². The summed E-state index contributed by atoms with van der Waals surface area (Å²) in [6.07, 6.45) is 2.07. The lowest BCUT2D eigenvalue weighted by atomic mass is 10.2. The number of hydrogen-bond acceptors (Lipinski definition) is 3. The molecular formula is C13H19FN2O2. The summed E-state index contributed by atoms with van der Waals surface area (Å²) in [7, 11) is 0. The summed E-state index contributed by atoms with van der Waals surface area (Å²) in [6, 6.07) is 3.92. The second kappa shape index (κ2) is 7.66. The van der Waals surface area contributed by atoms with Gasteiger partial charge in [0, 0.05) is 18.8 Å².